The van der Waals surface area contributed by atoms with E-state index in [9.17, 15) is 9.50 Å². The number of carbonyl (C=O) groups is 2. The van der Waals surface area contributed by atoms with Gasteiger partial charge in [-0.05, 0) is 30.3 Å². The molecule has 3 aromatic rings. The molecule has 0 unspecified atom stereocenters. The van der Waals surface area contributed by atoms with Crippen molar-refractivity contribution >= 4 is 17.9 Å². The average molecular weight is 387 g/mol. The van der Waals surface area contributed by atoms with Gasteiger partial charge in [0.2, 0.25) is 5.95 Å². The minimum atomic E-state index is -1.82. The number of hydrogen-bond donors (Lipinski definition) is 4. The molecule has 2 aromatic carbocycles. The van der Waals surface area contributed by atoms with E-state index in [-0.39, 0.29) is 11.6 Å². The monoisotopic (exact) mass is 387 g/mol. The second-order valence-corrected chi connectivity index (χ2v) is 5.63. The quantitative estimate of drug-likeness (QED) is 0.507. The normalized spacial score (nSPS) is 9.93. The fraction of sp³-hybridized carbons (Fsp3) is 0.105. The number of nitrogens with zero attached hydrogens (tertiary/aromatic N) is 2. The molecular formula is C19H18FN3O5. The van der Waals surface area contributed by atoms with Crippen LogP contribution in [0.15, 0.2) is 54.7 Å². The third kappa shape index (κ3) is 5.31. The number of imidazole rings is 1. The summed E-state index contributed by atoms with van der Waals surface area (Å²) in [5, 5.41) is 27.7. The predicted molar refractivity (Wildman–Crippen MR) is 99.3 cm³/mol. The number of para-hydroxylation sites is 1. The first-order valence-corrected chi connectivity index (χ1v) is 8.04. The lowest BCUT2D eigenvalue weighted by Crippen LogP contribution is -2.09. The number of hydrogen-bond acceptors (Lipinski definition) is 5. The molecule has 0 saturated carbocycles. The number of phenolic OH excluding ortho intramolecular Hbond substituents is 1. The van der Waals surface area contributed by atoms with Gasteiger partial charge < -0.3 is 25.2 Å². The molecule has 146 valence electrons. The van der Waals surface area contributed by atoms with Crippen LogP contribution in [0.2, 0.25) is 0 Å². The van der Waals surface area contributed by atoms with Gasteiger partial charge in [-0.15, -0.1) is 0 Å². The Bertz CT molecular complexity index is 958. The Labute approximate surface area is 159 Å². The summed E-state index contributed by atoms with van der Waals surface area (Å²) in [6.45, 7) is 0.473. The third-order valence-electron chi connectivity index (χ3n) is 3.74. The number of carboxylic acid groups (broad SMARTS) is 2. The molecule has 0 spiro atoms. The number of halogens is 1. The number of aromatic nitrogens is 2. The highest BCUT2D eigenvalue weighted by Gasteiger charge is 2.09. The van der Waals surface area contributed by atoms with Gasteiger partial charge in [-0.2, -0.15) is 0 Å². The molecule has 0 bridgehead atoms. The van der Waals surface area contributed by atoms with Crippen molar-refractivity contribution in [1.29, 1.82) is 0 Å². The Kier molecular flexibility index (Phi) is 6.69. The first kappa shape index (κ1) is 20.4. The highest BCUT2D eigenvalue weighted by atomic mass is 19.1. The maximum atomic E-state index is 13.0. The Hall–Kier alpha value is -3.88. The minimum absolute atomic E-state index is 0.253. The van der Waals surface area contributed by atoms with Crippen LogP contribution in [0.25, 0.3) is 11.3 Å². The van der Waals surface area contributed by atoms with Gasteiger partial charge in [-0.1, -0.05) is 18.2 Å². The smallest absolute Gasteiger partial charge is 0.414 e. The highest BCUT2D eigenvalue weighted by molar-refractivity contribution is 6.27. The second-order valence-electron chi connectivity index (χ2n) is 5.63. The number of nitrogens with one attached hydrogen (secondary N) is 1. The molecule has 0 atom stereocenters. The lowest BCUT2D eigenvalue weighted by atomic mass is 10.2. The van der Waals surface area contributed by atoms with Crippen LogP contribution in [0.3, 0.4) is 0 Å². The van der Waals surface area contributed by atoms with Crippen molar-refractivity contribution in [2.45, 2.75) is 6.54 Å². The van der Waals surface area contributed by atoms with E-state index in [1.807, 2.05) is 23.7 Å². The third-order valence-corrected chi connectivity index (χ3v) is 3.74. The van der Waals surface area contributed by atoms with E-state index in [0.717, 1.165) is 16.8 Å². The van der Waals surface area contributed by atoms with E-state index >= 15 is 0 Å². The summed E-state index contributed by atoms with van der Waals surface area (Å²) in [7, 11) is 1.89. The van der Waals surface area contributed by atoms with Gasteiger partial charge in [0.25, 0.3) is 0 Å². The first-order chi connectivity index (χ1) is 13.3. The maximum Gasteiger partial charge on any atom is 0.414 e. The van der Waals surface area contributed by atoms with Crippen molar-refractivity contribution in [3.05, 3.63) is 66.1 Å². The van der Waals surface area contributed by atoms with Crippen molar-refractivity contribution < 1.29 is 29.3 Å². The van der Waals surface area contributed by atoms with Crippen LogP contribution in [0.1, 0.15) is 5.56 Å². The van der Waals surface area contributed by atoms with Gasteiger partial charge in [0, 0.05) is 24.7 Å². The van der Waals surface area contributed by atoms with Crippen LogP contribution in [0.4, 0.5) is 10.3 Å². The summed E-state index contributed by atoms with van der Waals surface area (Å²) in [4.78, 5) is 22.5. The summed E-state index contributed by atoms with van der Waals surface area (Å²) < 4.78 is 14.9. The Morgan fingerprint density at radius 2 is 1.68 bits per heavy atom. The van der Waals surface area contributed by atoms with Crippen molar-refractivity contribution in [3.8, 4) is 17.0 Å². The highest BCUT2D eigenvalue weighted by Crippen LogP contribution is 2.23. The molecule has 0 aliphatic rings. The zero-order valence-corrected chi connectivity index (χ0v) is 14.8. The summed E-state index contributed by atoms with van der Waals surface area (Å²) in [6.07, 6.45) is 1.74. The van der Waals surface area contributed by atoms with Gasteiger partial charge in [0.05, 0.1) is 11.9 Å². The van der Waals surface area contributed by atoms with E-state index < -0.39 is 11.9 Å². The summed E-state index contributed by atoms with van der Waals surface area (Å²) in [5.41, 5.74) is 2.58. The molecule has 28 heavy (non-hydrogen) atoms. The largest absolute Gasteiger partial charge is 0.508 e. The van der Waals surface area contributed by atoms with Gasteiger partial charge in [-0.3, -0.25) is 0 Å². The molecule has 0 aliphatic heterocycles. The number of benzene rings is 2. The lowest BCUT2D eigenvalue weighted by Gasteiger charge is -2.09. The number of anilines is 1. The van der Waals surface area contributed by atoms with Gasteiger partial charge >= 0.3 is 11.9 Å². The van der Waals surface area contributed by atoms with Crippen molar-refractivity contribution in [3.63, 3.8) is 0 Å². The maximum absolute atomic E-state index is 13.0. The van der Waals surface area contributed by atoms with Gasteiger partial charge in [0.1, 0.15) is 11.6 Å². The Morgan fingerprint density at radius 1 is 1.07 bits per heavy atom. The van der Waals surface area contributed by atoms with Crippen LogP contribution >= 0.6 is 0 Å². The lowest BCUT2D eigenvalue weighted by molar-refractivity contribution is -0.159. The summed E-state index contributed by atoms with van der Waals surface area (Å²) >= 11 is 0. The van der Waals surface area contributed by atoms with Crippen molar-refractivity contribution in [2.75, 3.05) is 5.32 Å². The summed E-state index contributed by atoms with van der Waals surface area (Å²) in [6, 6.07) is 13.5. The topological polar surface area (TPSA) is 125 Å². The van der Waals surface area contributed by atoms with Crippen LogP contribution < -0.4 is 5.32 Å². The van der Waals surface area contributed by atoms with E-state index in [1.54, 1.807) is 30.5 Å². The first-order valence-electron chi connectivity index (χ1n) is 8.04. The summed E-state index contributed by atoms with van der Waals surface area (Å²) in [5.74, 6) is -2.97. The van der Waals surface area contributed by atoms with Crippen LogP contribution in [-0.4, -0.2) is 36.8 Å². The molecule has 0 aliphatic carbocycles. The SMILES string of the molecule is Cn1c(-c2ccc(F)cc2)cnc1NCc1ccccc1O.O=C(O)C(=O)O. The zero-order chi connectivity index (χ0) is 20.7. The Morgan fingerprint density at radius 3 is 2.25 bits per heavy atom. The van der Waals surface area contributed by atoms with Crippen LogP contribution in [0, 0.1) is 5.82 Å². The molecule has 1 aromatic heterocycles. The molecule has 1 heterocycles. The van der Waals surface area contributed by atoms with Crippen molar-refractivity contribution in [1.82, 2.24) is 9.55 Å². The molecule has 4 N–H and O–H groups in total. The fourth-order valence-corrected chi connectivity index (χ4v) is 2.30. The molecule has 8 nitrogen and oxygen atoms in total. The molecule has 0 fully saturated rings. The van der Waals surface area contributed by atoms with Crippen LogP contribution in [0.5, 0.6) is 5.75 Å². The standard InChI is InChI=1S/C17H16FN3O.C2H2O4/c1-21-15(12-6-8-14(18)9-7-12)11-20-17(21)19-10-13-4-2-3-5-16(13)22;3-1(4)2(5)6/h2-9,11,22H,10H2,1H3,(H,19,20);(H,3,4)(H,5,6). The predicted octanol–water partition coefficient (Wildman–Crippen LogP) is 2.70. The van der Waals surface area contributed by atoms with E-state index in [1.165, 1.54) is 12.1 Å². The minimum Gasteiger partial charge on any atom is -0.508 e. The second kappa shape index (κ2) is 9.17. The molecule has 3 rings (SSSR count). The van der Waals surface area contributed by atoms with Crippen molar-refractivity contribution in [2.24, 2.45) is 7.05 Å². The molecule has 9 heteroatoms. The van der Waals surface area contributed by atoms with Gasteiger partial charge in [-0.25, -0.2) is 19.0 Å². The molecule has 0 saturated heterocycles. The number of rotatable bonds is 4. The molecule has 0 amide bonds. The number of aliphatic carboxylic acids is 2. The van der Waals surface area contributed by atoms with E-state index in [2.05, 4.69) is 10.3 Å². The Balaban J connectivity index is 0.000000409. The average Bonchev–Trinajstić information content (AvgIpc) is 3.03. The zero-order valence-electron chi connectivity index (χ0n) is 14.8. The molecule has 0 radical (unpaired) electrons. The van der Waals surface area contributed by atoms with E-state index in [4.69, 9.17) is 19.8 Å². The van der Waals surface area contributed by atoms with Gasteiger partial charge in [0.15, 0.2) is 0 Å². The number of phenols is 1. The molecular weight excluding hydrogens is 369 g/mol. The number of aromatic hydroxyl groups is 1. The fourth-order valence-electron chi connectivity index (χ4n) is 2.30. The number of carboxylic acids is 2. The van der Waals surface area contributed by atoms with E-state index in [0.29, 0.717) is 12.5 Å². The van der Waals surface area contributed by atoms with Crippen LogP contribution in [-0.2, 0) is 23.2 Å².